The molecule has 0 aromatic heterocycles. The molecule has 1 heterocycles. The lowest BCUT2D eigenvalue weighted by Gasteiger charge is -2.34. The summed E-state index contributed by atoms with van der Waals surface area (Å²) in [6.45, 7) is 1.68. The van der Waals surface area contributed by atoms with Gasteiger partial charge in [0.2, 0.25) is 11.8 Å². The Kier molecular flexibility index (Phi) is 7.31. The highest BCUT2D eigenvalue weighted by Gasteiger charge is 2.39. The maximum absolute atomic E-state index is 13.1. The molecule has 2 atom stereocenters. The summed E-state index contributed by atoms with van der Waals surface area (Å²) in [6, 6.07) is 10.5. The predicted molar refractivity (Wildman–Crippen MR) is 108 cm³/mol. The van der Waals surface area contributed by atoms with Crippen molar-refractivity contribution in [1.29, 1.82) is 0 Å². The van der Waals surface area contributed by atoms with E-state index in [1.165, 1.54) is 5.56 Å². The zero-order valence-corrected chi connectivity index (χ0v) is 16.7. The first-order valence-electron chi connectivity index (χ1n) is 10.7. The van der Waals surface area contributed by atoms with E-state index < -0.39 is 0 Å². The van der Waals surface area contributed by atoms with E-state index >= 15 is 0 Å². The first-order chi connectivity index (χ1) is 13.2. The molecule has 1 saturated carbocycles. The third kappa shape index (κ3) is 5.33. The van der Waals surface area contributed by atoms with Gasteiger partial charge in [-0.3, -0.25) is 9.59 Å². The molecule has 4 heteroatoms. The molecule has 0 radical (unpaired) electrons. The molecule has 0 spiro atoms. The monoisotopic (exact) mass is 370 g/mol. The summed E-state index contributed by atoms with van der Waals surface area (Å²) in [5.74, 6) is 0.505. The highest BCUT2D eigenvalue weighted by atomic mass is 16.2. The number of fused-ring (bicyclic) bond motifs is 1. The molecule has 2 fully saturated rings. The third-order valence-corrected chi connectivity index (χ3v) is 6.24. The molecule has 2 unspecified atom stereocenters. The molecule has 3 rings (SSSR count). The molecular formula is C23H34N2O2. The number of amides is 2. The van der Waals surface area contributed by atoms with Crippen LogP contribution in [-0.2, 0) is 16.0 Å². The molecule has 1 aromatic rings. The Labute approximate surface area is 163 Å². The van der Waals surface area contributed by atoms with Crippen LogP contribution in [0.25, 0.3) is 0 Å². The Balaban J connectivity index is 1.64. The molecule has 148 valence electrons. The second-order valence-corrected chi connectivity index (χ2v) is 8.21. The molecule has 0 bridgehead atoms. The number of rotatable bonds is 4. The van der Waals surface area contributed by atoms with Gasteiger partial charge in [-0.2, -0.15) is 0 Å². The van der Waals surface area contributed by atoms with Crippen LogP contribution in [0.1, 0.15) is 63.4 Å². The second kappa shape index (κ2) is 9.91. The first kappa shape index (κ1) is 19.9. The lowest BCUT2D eigenvalue weighted by molar-refractivity contribution is -0.140. The highest BCUT2D eigenvalue weighted by molar-refractivity contribution is 5.82. The minimum atomic E-state index is 0.00572. The molecule has 1 aliphatic heterocycles. The van der Waals surface area contributed by atoms with E-state index in [-0.39, 0.29) is 23.8 Å². The van der Waals surface area contributed by atoms with Crippen molar-refractivity contribution >= 4 is 11.8 Å². The fraction of sp³-hybridized carbons (Fsp3) is 0.652. The Bertz CT molecular complexity index is 616. The van der Waals surface area contributed by atoms with E-state index in [1.807, 2.05) is 18.0 Å². The lowest BCUT2D eigenvalue weighted by Crippen LogP contribution is -2.47. The molecule has 4 nitrogen and oxygen atoms in total. The molecule has 1 saturated heterocycles. The van der Waals surface area contributed by atoms with Gasteiger partial charge in [-0.05, 0) is 44.1 Å². The van der Waals surface area contributed by atoms with Crippen molar-refractivity contribution in [1.82, 2.24) is 9.80 Å². The van der Waals surface area contributed by atoms with Gasteiger partial charge in [0, 0.05) is 32.6 Å². The predicted octanol–water partition coefficient (Wildman–Crippen LogP) is 4.04. The van der Waals surface area contributed by atoms with E-state index in [0.29, 0.717) is 6.42 Å². The SMILES string of the molecule is CN1CCCCCCN(C(=O)CCCc2ccccc2)C2CCCC2C1=O. The van der Waals surface area contributed by atoms with Gasteiger partial charge in [0.05, 0.1) is 5.92 Å². The van der Waals surface area contributed by atoms with Crippen molar-refractivity contribution in [2.45, 2.75) is 70.3 Å². The maximum Gasteiger partial charge on any atom is 0.227 e. The maximum atomic E-state index is 13.1. The normalized spacial score (nSPS) is 24.4. The lowest BCUT2D eigenvalue weighted by atomic mass is 9.99. The Morgan fingerprint density at radius 2 is 1.74 bits per heavy atom. The van der Waals surface area contributed by atoms with Crippen molar-refractivity contribution in [3.05, 3.63) is 35.9 Å². The minimum Gasteiger partial charge on any atom is -0.345 e. The van der Waals surface area contributed by atoms with Gasteiger partial charge >= 0.3 is 0 Å². The van der Waals surface area contributed by atoms with Crippen molar-refractivity contribution in [2.24, 2.45) is 5.92 Å². The van der Waals surface area contributed by atoms with Crippen molar-refractivity contribution in [2.75, 3.05) is 20.1 Å². The van der Waals surface area contributed by atoms with Crippen LogP contribution < -0.4 is 0 Å². The van der Waals surface area contributed by atoms with Gasteiger partial charge in [-0.1, -0.05) is 49.6 Å². The van der Waals surface area contributed by atoms with Crippen molar-refractivity contribution in [3.8, 4) is 0 Å². The Morgan fingerprint density at radius 1 is 1.00 bits per heavy atom. The van der Waals surface area contributed by atoms with E-state index in [9.17, 15) is 9.59 Å². The zero-order chi connectivity index (χ0) is 19.1. The zero-order valence-electron chi connectivity index (χ0n) is 16.7. The number of hydrogen-bond donors (Lipinski definition) is 0. The third-order valence-electron chi connectivity index (χ3n) is 6.24. The van der Waals surface area contributed by atoms with Crippen LogP contribution in [0.15, 0.2) is 30.3 Å². The minimum absolute atomic E-state index is 0.00572. The average molecular weight is 371 g/mol. The summed E-state index contributed by atoms with van der Waals surface area (Å²) in [6.07, 6.45) is 9.80. The molecule has 2 aliphatic rings. The van der Waals surface area contributed by atoms with E-state index in [0.717, 1.165) is 70.9 Å². The fourth-order valence-electron chi connectivity index (χ4n) is 4.69. The quantitative estimate of drug-likeness (QED) is 0.802. The largest absolute Gasteiger partial charge is 0.345 e. The summed E-state index contributed by atoms with van der Waals surface area (Å²) >= 11 is 0. The number of hydrogen-bond acceptors (Lipinski definition) is 2. The number of carbonyl (C=O) groups is 2. The van der Waals surface area contributed by atoms with Gasteiger partial charge in [-0.15, -0.1) is 0 Å². The van der Waals surface area contributed by atoms with Crippen molar-refractivity contribution < 1.29 is 9.59 Å². The molecule has 1 aliphatic carbocycles. The topological polar surface area (TPSA) is 40.6 Å². The number of carbonyl (C=O) groups excluding carboxylic acids is 2. The standard InChI is InChI=1S/C23H34N2O2/c1-24-17-7-2-3-8-18-25(21-15-10-14-20(21)23(24)27)22(26)16-9-13-19-11-5-4-6-12-19/h4-6,11-12,20-21H,2-3,7-10,13-18H2,1H3. The Morgan fingerprint density at radius 3 is 2.52 bits per heavy atom. The summed E-state index contributed by atoms with van der Waals surface area (Å²) < 4.78 is 0. The van der Waals surface area contributed by atoms with E-state index in [1.54, 1.807) is 0 Å². The highest BCUT2D eigenvalue weighted by Crippen LogP contribution is 2.33. The van der Waals surface area contributed by atoms with Crippen LogP contribution in [0.3, 0.4) is 0 Å². The molecule has 2 amide bonds. The van der Waals surface area contributed by atoms with Gasteiger partial charge in [0.1, 0.15) is 0 Å². The van der Waals surface area contributed by atoms with Crippen LogP contribution >= 0.6 is 0 Å². The van der Waals surface area contributed by atoms with Crippen LogP contribution in [0, 0.1) is 5.92 Å². The van der Waals surface area contributed by atoms with Crippen molar-refractivity contribution in [3.63, 3.8) is 0 Å². The first-order valence-corrected chi connectivity index (χ1v) is 10.7. The van der Waals surface area contributed by atoms with Crippen LogP contribution in [0.4, 0.5) is 0 Å². The smallest absolute Gasteiger partial charge is 0.227 e. The second-order valence-electron chi connectivity index (χ2n) is 8.21. The van der Waals surface area contributed by atoms with E-state index in [4.69, 9.17) is 0 Å². The van der Waals surface area contributed by atoms with Crippen LogP contribution in [0.5, 0.6) is 0 Å². The van der Waals surface area contributed by atoms with Gasteiger partial charge in [-0.25, -0.2) is 0 Å². The molecule has 1 aromatic carbocycles. The van der Waals surface area contributed by atoms with Crippen LogP contribution in [-0.4, -0.2) is 47.8 Å². The van der Waals surface area contributed by atoms with E-state index in [2.05, 4.69) is 29.2 Å². The summed E-state index contributed by atoms with van der Waals surface area (Å²) in [5.41, 5.74) is 1.29. The molecule has 0 N–H and O–H groups in total. The summed E-state index contributed by atoms with van der Waals surface area (Å²) in [7, 11) is 1.93. The van der Waals surface area contributed by atoms with Gasteiger partial charge < -0.3 is 9.80 Å². The summed E-state index contributed by atoms with van der Waals surface area (Å²) in [5, 5.41) is 0. The fourth-order valence-corrected chi connectivity index (χ4v) is 4.69. The Hall–Kier alpha value is -1.84. The molecule has 27 heavy (non-hydrogen) atoms. The molecular weight excluding hydrogens is 336 g/mol. The van der Waals surface area contributed by atoms with Gasteiger partial charge in [0.15, 0.2) is 0 Å². The van der Waals surface area contributed by atoms with Crippen LogP contribution in [0.2, 0.25) is 0 Å². The number of aryl methyl sites for hydroxylation is 1. The number of benzene rings is 1. The number of nitrogens with zero attached hydrogens (tertiary/aromatic N) is 2. The van der Waals surface area contributed by atoms with Gasteiger partial charge in [0.25, 0.3) is 0 Å². The average Bonchev–Trinajstić information content (AvgIpc) is 3.15. The summed E-state index contributed by atoms with van der Waals surface area (Å²) in [4.78, 5) is 30.0.